The molecule has 33 heavy (non-hydrogen) atoms. The molecule has 6 rings (SSSR count). The molecule has 0 unspecified atom stereocenters. The monoisotopic (exact) mass is 597 g/mol. The zero-order valence-corrected chi connectivity index (χ0v) is 21.0. The quantitative estimate of drug-likeness (QED) is 0.345. The van der Waals surface area contributed by atoms with E-state index in [-0.39, 0.29) is 5.28 Å². The van der Waals surface area contributed by atoms with Gasteiger partial charge >= 0.3 is 0 Å². The Hall–Kier alpha value is -2.77. The van der Waals surface area contributed by atoms with E-state index in [1.165, 1.54) is 0 Å². The highest BCUT2D eigenvalue weighted by Crippen LogP contribution is 2.24. The molecule has 11 nitrogen and oxygen atoms in total. The fourth-order valence-electron chi connectivity index (χ4n) is 2.92. The number of anilines is 1. The number of rotatable bonds is 2. The van der Waals surface area contributed by atoms with E-state index >= 15 is 0 Å². The van der Waals surface area contributed by atoms with Gasteiger partial charge in [-0.05, 0) is 43.5 Å². The lowest BCUT2D eigenvalue weighted by Crippen LogP contribution is -1.97. The van der Waals surface area contributed by atoms with E-state index in [1.807, 2.05) is 10.9 Å². The minimum absolute atomic E-state index is 0.271. The standard InChI is InChI=1S/C10H9BrN4O.C5H7N3O.C4H2BrClN2/c11-8-5-12-9(13-6-8)3-7-4-14-15-1-2-16-10(7)15;6-4-3-7-8-1-2-9-5(4)8;5-3-1-7-4(6)8-2-3/h4-6H,1-3H2;3H,1-2,6H2;1-2H. The van der Waals surface area contributed by atoms with Gasteiger partial charge < -0.3 is 15.2 Å². The van der Waals surface area contributed by atoms with E-state index < -0.39 is 0 Å². The van der Waals surface area contributed by atoms with Crippen molar-refractivity contribution in [1.82, 2.24) is 39.5 Å². The zero-order valence-electron chi connectivity index (χ0n) is 17.1. The molecule has 0 aliphatic carbocycles. The van der Waals surface area contributed by atoms with Gasteiger partial charge in [-0.15, -0.1) is 0 Å². The molecule has 4 aromatic heterocycles. The van der Waals surface area contributed by atoms with Gasteiger partial charge in [-0.3, -0.25) is 0 Å². The highest BCUT2D eigenvalue weighted by atomic mass is 79.9. The van der Waals surface area contributed by atoms with Crippen LogP contribution >= 0.6 is 43.5 Å². The zero-order chi connectivity index (χ0) is 23.2. The summed E-state index contributed by atoms with van der Waals surface area (Å²) in [5.41, 5.74) is 7.16. The Morgan fingerprint density at radius 2 is 1.36 bits per heavy atom. The summed E-state index contributed by atoms with van der Waals surface area (Å²) >= 11 is 11.8. The molecular weight excluding hydrogens is 582 g/mol. The average molecular weight is 600 g/mol. The first-order valence-corrected chi connectivity index (χ1v) is 11.7. The molecule has 2 aliphatic heterocycles. The molecule has 2 N–H and O–H groups in total. The van der Waals surface area contributed by atoms with Crippen LogP contribution in [-0.4, -0.2) is 52.7 Å². The Labute approximate surface area is 210 Å². The van der Waals surface area contributed by atoms with Gasteiger partial charge in [0.05, 0.1) is 34.4 Å². The molecule has 0 atom stereocenters. The maximum absolute atomic E-state index is 5.50. The molecule has 0 fully saturated rings. The van der Waals surface area contributed by atoms with Crippen molar-refractivity contribution in [2.45, 2.75) is 19.5 Å². The lowest BCUT2D eigenvalue weighted by atomic mass is 10.2. The first-order valence-electron chi connectivity index (χ1n) is 9.70. The summed E-state index contributed by atoms with van der Waals surface area (Å²) in [6.07, 6.45) is 10.8. The maximum Gasteiger partial charge on any atom is 0.235 e. The second-order valence-corrected chi connectivity index (χ2v) is 8.86. The summed E-state index contributed by atoms with van der Waals surface area (Å²) in [5, 5.41) is 8.47. The van der Waals surface area contributed by atoms with Crippen LogP contribution in [0.2, 0.25) is 5.28 Å². The number of nitrogens with two attached hydrogens (primary N) is 1. The van der Waals surface area contributed by atoms with Gasteiger partial charge in [0.15, 0.2) is 0 Å². The van der Waals surface area contributed by atoms with Gasteiger partial charge in [-0.1, -0.05) is 0 Å². The van der Waals surface area contributed by atoms with E-state index in [2.05, 4.69) is 62.0 Å². The molecule has 0 amide bonds. The molecule has 0 spiro atoms. The van der Waals surface area contributed by atoms with E-state index in [1.54, 1.807) is 35.7 Å². The van der Waals surface area contributed by atoms with Gasteiger partial charge in [0, 0.05) is 36.8 Å². The molecule has 0 saturated carbocycles. The number of fused-ring (bicyclic) bond motifs is 2. The van der Waals surface area contributed by atoms with E-state index in [0.717, 1.165) is 45.2 Å². The average Bonchev–Trinajstić information content (AvgIpc) is 3.59. The van der Waals surface area contributed by atoms with Crippen LogP contribution in [0.15, 0.2) is 46.1 Å². The molecular formula is C19H18Br2ClN9O2. The number of nitrogen functional groups attached to an aromatic ring is 1. The third kappa shape index (κ3) is 6.18. The largest absolute Gasteiger partial charge is 0.476 e. The molecule has 0 aromatic carbocycles. The van der Waals surface area contributed by atoms with Crippen LogP contribution in [0.1, 0.15) is 11.4 Å². The van der Waals surface area contributed by atoms with E-state index in [0.29, 0.717) is 25.3 Å². The summed E-state index contributed by atoms with van der Waals surface area (Å²) in [6, 6.07) is 0. The van der Waals surface area contributed by atoms with E-state index in [4.69, 9.17) is 26.8 Å². The van der Waals surface area contributed by atoms with Crippen molar-refractivity contribution in [2.75, 3.05) is 18.9 Å². The lowest BCUT2D eigenvalue weighted by molar-refractivity contribution is 0.354. The predicted octanol–water partition coefficient (Wildman–Crippen LogP) is 3.17. The van der Waals surface area contributed by atoms with Gasteiger partial charge in [0.1, 0.15) is 24.7 Å². The topological polar surface area (TPSA) is 132 Å². The van der Waals surface area contributed by atoms with Crippen LogP contribution in [0.25, 0.3) is 0 Å². The summed E-state index contributed by atoms with van der Waals surface area (Å²) in [7, 11) is 0. The Kier molecular flexibility index (Phi) is 7.73. The van der Waals surface area contributed by atoms with E-state index in [9.17, 15) is 0 Å². The third-order valence-electron chi connectivity index (χ3n) is 4.37. The van der Waals surface area contributed by atoms with Crippen molar-refractivity contribution in [1.29, 1.82) is 0 Å². The lowest BCUT2D eigenvalue weighted by Gasteiger charge is -2.00. The normalized spacial score (nSPS) is 12.9. The Balaban J connectivity index is 0.000000129. The van der Waals surface area contributed by atoms with Gasteiger partial charge in [0.25, 0.3) is 0 Å². The van der Waals surface area contributed by atoms with Crippen LogP contribution in [0.5, 0.6) is 11.8 Å². The smallest absolute Gasteiger partial charge is 0.235 e. The highest BCUT2D eigenvalue weighted by Gasteiger charge is 2.18. The molecule has 172 valence electrons. The SMILES string of the molecule is Brc1cnc(Cc2cnn3c2OCC3)nc1.Clc1ncc(Br)cn1.Nc1cnn2c1OCC2. The Bertz CT molecular complexity index is 1180. The Morgan fingerprint density at radius 3 is 1.97 bits per heavy atom. The summed E-state index contributed by atoms with van der Waals surface area (Å²) < 4.78 is 16.0. The molecule has 4 aromatic rings. The Morgan fingerprint density at radius 1 is 0.818 bits per heavy atom. The number of ether oxygens (including phenoxy) is 2. The summed E-state index contributed by atoms with van der Waals surface area (Å²) in [5.74, 6) is 2.34. The second-order valence-electron chi connectivity index (χ2n) is 6.69. The summed E-state index contributed by atoms with van der Waals surface area (Å²) in [4.78, 5) is 15.8. The molecule has 0 bridgehead atoms. The minimum Gasteiger partial charge on any atom is -0.476 e. The van der Waals surface area contributed by atoms with Crippen LogP contribution in [-0.2, 0) is 19.5 Å². The maximum atomic E-state index is 5.50. The number of hydrogen-bond donors (Lipinski definition) is 1. The molecule has 0 saturated heterocycles. The fraction of sp³-hybridized carbons (Fsp3) is 0.263. The molecule has 2 aliphatic rings. The molecule has 6 heterocycles. The number of aromatic nitrogens is 8. The van der Waals surface area contributed by atoms with Crippen LogP contribution in [0.4, 0.5) is 5.69 Å². The van der Waals surface area contributed by atoms with Crippen molar-refractivity contribution in [2.24, 2.45) is 0 Å². The van der Waals surface area contributed by atoms with Gasteiger partial charge in [-0.25, -0.2) is 29.3 Å². The van der Waals surface area contributed by atoms with Crippen molar-refractivity contribution in [3.63, 3.8) is 0 Å². The van der Waals surface area contributed by atoms with Gasteiger partial charge in [-0.2, -0.15) is 10.2 Å². The second kappa shape index (κ2) is 10.9. The van der Waals surface area contributed by atoms with Crippen molar-refractivity contribution < 1.29 is 9.47 Å². The molecule has 0 radical (unpaired) electrons. The first-order chi connectivity index (χ1) is 16.0. The van der Waals surface area contributed by atoms with Crippen molar-refractivity contribution in [3.05, 3.63) is 62.8 Å². The minimum atomic E-state index is 0.271. The number of hydrogen-bond acceptors (Lipinski definition) is 9. The molecule has 14 heteroatoms. The van der Waals surface area contributed by atoms with Crippen LogP contribution < -0.4 is 15.2 Å². The van der Waals surface area contributed by atoms with Crippen molar-refractivity contribution >= 4 is 49.1 Å². The highest BCUT2D eigenvalue weighted by molar-refractivity contribution is 9.10. The summed E-state index contributed by atoms with van der Waals surface area (Å²) in [6.45, 7) is 3.06. The number of halogens is 3. The third-order valence-corrected chi connectivity index (χ3v) is 5.39. The fourth-order valence-corrected chi connectivity index (χ4v) is 3.43. The van der Waals surface area contributed by atoms with Crippen molar-refractivity contribution in [3.8, 4) is 11.8 Å². The van der Waals surface area contributed by atoms with Gasteiger partial charge in [0.2, 0.25) is 17.0 Å². The number of nitrogens with zero attached hydrogens (tertiary/aromatic N) is 8. The first kappa shape index (κ1) is 23.4. The van der Waals surface area contributed by atoms with Crippen LogP contribution in [0, 0.1) is 0 Å². The predicted molar refractivity (Wildman–Crippen MR) is 127 cm³/mol. The van der Waals surface area contributed by atoms with Crippen LogP contribution in [0.3, 0.4) is 0 Å².